The molecule has 8 nitrogen and oxygen atoms in total. The van der Waals surface area contributed by atoms with Gasteiger partial charge in [0.25, 0.3) is 5.91 Å². The number of aromatic nitrogens is 1. The summed E-state index contributed by atoms with van der Waals surface area (Å²) in [4.78, 5) is 19.8. The maximum Gasteiger partial charge on any atom is 0.259 e. The molecule has 9 heteroatoms. The van der Waals surface area contributed by atoms with E-state index >= 15 is 0 Å². The summed E-state index contributed by atoms with van der Waals surface area (Å²) < 4.78 is 33.5. The molecule has 2 aliphatic heterocycles. The molecule has 2 fully saturated rings. The van der Waals surface area contributed by atoms with Crippen LogP contribution in [0.3, 0.4) is 0 Å². The number of amides is 1. The minimum atomic E-state index is -3.70. The van der Waals surface area contributed by atoms with Gasteiger partial charge >= 0.3 is 0 Å². The van der Waals surface area contributed by atoms with Gasteiger partial charge in [-0.05, 0) is 69.4 Å². The molecule has 0 radical (unpaired) electrons. The highest BCUT2D eigenvalue weighted by atomic mass is 32.2. The number of hydrogen-bond donors (Lipinski definition) is 1. The molecule has 1 N–H and O–H groups in total. The normalized spacial score (nSPS) is 17.3. The van der Waals surface area contributed by atoms with E-state index in [0.717, 1.165) is 38.8 Å². The number of ether oxygens (including phenoxy) is 1. The summed E-state index contributed by atoms with van der Waals surface area (Å²) >= 11 is 0. The molecule has 3 heterocycles. The van der Waals surface area contributed by atoms with Crippen LogP contribution in [0.15, 0.2) is 41.4 Å². The third-order valence-electron chi connectivity index (χ3n) is 5.87. The number of nitrogens with one attached hydrogen (secondary N) is 1. The van der Waals surface area contributed by atoms with Gasteiger partial charge in [0.1, 0.15) is 16.5 Å². The van der Waals surface area contributed by atoms with Crippen LogP contribution in [0.1, 0.15) is 49.4 Å². The highest BCUT2D eigenvalue weighted by Gasteiger charge is 2.30. The predicted octanol–water partition coefficient (Wildman–Crippen LogP) is 3.51. The highest BCUT2D eigenvalue weighted by molar-refractivity contribution is 7.89. The van der Waals surface area contributed by atoms with Gasteiger partial charge in [0.05, 0.1) is 12.2 Å². The molecular weight excluding hydrogens is 428 g/mol. The van der Waals surface area contributed by atoms with Crippen molar-refractivity contribution < 1.29 is 17.9 Å². The third-order valence-corrected chi connectivity index (χ3v) is 7.79. The van der Waals surface area contributed by atoms with Crippen LogP contribution in [0.2, 0.25) is 0 Å². The van der Waals surface area contributed by atoms with E-state index in [9.17, 15) is 13.2 Å². The first-order chi connectivity index (χ1) is 15.5. The molecule has 4 rings (SSSR count). The van der Waals surface area contributed by atoms with Gasteiger partial charge in [-0.2, -0.15) is 4.31 Å². The maximum absolute atomic E-state index is 13.2. The molecule has 0 spiro atoms. The van der Waals surface area contributed by atoms with Gasteiger partial charge in [-0.3, -0.25) is 4.79 Å². The minimum Gasteiger partial charge on any atom is -0.492 e. The standard InChI is InChI=1S/C23H30N4O4S/c1-2-31-20-11-10-18(17-21(20)32(29,30)27-15-6-7-16-27)25-23(28)19-9-8-12-24-22(19)26-13-4-3-5-14-26/h8-12,17H,2-7,13-16H2,1H3,(H,25,28). The summed E-state index contributed by atoms with van der Waals surface area (Å²) in [5, 5.41) is 2.87. The lowest BCUT2D eigenvalue weighted by atomic mass is 10.1. The van der Waals surface area contributed by atoms with Gasteiger partial charge in [-0.1, -0.05) is 0 Å². The van der Waals surface area contributed by atoms with Gasteiger partial charge < -0.3 is 15.0 Å². The average molecular weight is 459 g/mol. The SMILES string of the molecule is CCOc1ccc(NC(=O)c2cccnc2N2CCCCC2)cc1S(=O)(=O)N1CCCC1. The van der Waals surface area contributed by atoms with Crippen molar-refractivity contribution >= 4 is 27.4 Å². The number of carbonyl (C=O) groups is 1. The van der Waals surface area contributed by atoms with Crippen molar-refractivity contribution in [2.45, 2.75) is 43.9 Å². The monoisotopic (exact) mass is 458 g/mol. The summed E-state index contributed by atoms with van der Waals surface area (Å²) in [5.74, 6) is 0.653. The number of rotatable bonds is 7. The van der Waals surface area contributed by atoms with Crippen molar-refractivity contribution in [3.63, 3.8) is 0 Å². The Morgan fingerprint density at radius 1 is 1.06 bits per heavy atom. The molecule has 1 aromatic heterocycles. The van der Waals surface area contributed by atoms with Crippen LogP contribution >= 0.6 is 0 Å². The van der Waals surface area contributed by atoms with Crippen molar-refractivity contribution in [2.75, 3.05) is 43.0 Å². The fourth-order valence-electron chi connectivity index (χ4n) is 4.26. The van der Waals surface area contributed by atoms with Crippen molar-refractivity contribution in [2.24, 2.45) is 0 Å². The second-order valence-electron chi connectivity index (χ2n) is 8.08. The Kier molecular flexibility index (Phi) is 6.95. The quantitative estimate of drug-likeness (QED) is 0.683. The Hall–Kier alpha value is -2.65. The van der Waals surface area contributed by atoms with Crippen LogP contribution < -0.4 is 15.0 Å². The van der Waals surface area contributed by atoms with Crippen LogP contribution in [-0.2, 0) is 10.0 Å². The number of carbonyl (C=O) groups excluding carboxylic acids is 1. The van der Waals surface area contributed by atoms with Crippen molar-refractivity contribution in [1.82, 2.24) is 9.29 Å². The largest absolute Gasteiger partial charge is 0.492 e. The van der Waals surface area contributed by atoms with E-state index in [1.807, 2.05) is 6.92 Å². The molecule has 0 unspecified atom stereocenters. The Morgan fingerprint density at radius 2 is 1.78 bits per heavy atom. The molecule has 32 heavy (non-hydrogen) atoms. The number of pyridine rings is 1. The number of hydrogen-bond acceptors (Lipinski definition) is 6. The molecule has 2 aromatic rings. The zero-order chi connectivity index (χ0) is 22.6. The number of benzene rings is 1. The second-order valence-corrected chi connectivity index (χ2v) is 9.99. The summed E-state index contributed by atoms with van der Waals surface area (Å²) in [6.45, 7) is 4.91. The minimum absolute atomic E-state index is 0.0847. The molecule has 0 atom stereocenters. The van der Waals surface area contributed by atoms with E-state index in [2.05, 4.69) is 15.2 Å². The summed E-state index contributed by atoms with van der Waals surface area (Å²) in [6, 6.07) is 8.26. The lowest BCUT2D eigenvalue weighted by Crippen LogP contribution is -2.32. The van der Waals surface area contributed by atoms with E-state index in [1.165, 1.54) is 16.8 Å². The van der Waals surface area contributed by atoms with Crippen LogP contribution in [-0.4, -0.2) is 56.4 Å². The predicted molar refractivity (Wildman–Crippen MR) is 124 cm³/mol. The molecule has 172 valence electrons. The van der Waals surface area contributed by atoms with Crippen molar-refractivity contribution in [3.05, 3.63) is 42.1 Å². The number of sulfonamides is 1. The molecule has 1 amide bonds. The Balaban J connectivity index is 1.62. The van der Waals surface area contributed by atoms with Gasteiger partial charge in [0.15, 0.2) is 0 Å². The molecular formula is C23H30N4O4S. The van der Waals surface area contributed by atoms with E-state index in [0.29, 0.717) is 42.5 Å². The molecule has 0 bridgehead atoms. The average Bonchev–Trinajstić information content (AvgIpc) is 3.37. The van der Waals surface area contributed by atoms with Crippen molar-refractivity contribution in [1.29, 1.82) is 0 Å². The van der Waals surface area contributed by atoms with Gasteiger partial charge in [0.2, 0.25) is 10.0 Å². The molecule has 0 aliphatic carbocycles. The van der Waals surface area contributed by atoms with Gasteiger partial charge in [0, 0.05) is 38.1 Å². The van der Waals surface area contributed by atoms with Gasteiger partial charge in [-0.15, -0.1) is 0 Å². The molecule has 0 saturated carbocycles. The van der Waals surface area contributed by atoms with Crippen LogP contribution in [0.4, 0.5) is 11.5 Å². The lowest BCUT2D eigenvalue weighted by molar-refractivity contribution is 0.102. The van der Waals surface area contributed by atoms with E-state index in [-0.39, 0.29) is 10.8 Å². The number of piperidine rings is 1. The summed E-state index contributed by atoms with van der Waals surface area (Å²) in [6.07, 6.45) is 6.73. The molecule has 2 saturated heterocycles. The topological polar surface area (TPSA) is 91.8 Å². The van der Waals surface area contributed by atoms with E-state index in [4.69, 9.17) is 4.74 Å². The maximum atomic E-state index is 13.2. The Bertz CT molecular complexity index is 1060. The van der Waals surface area contributed by atoms with Crippen LogP contribution in [0, 0.1) is 0 Å². The first-order valence-corrected chi connectivity index (χ1v) is 12.7. The summed E-state index contributed by atoms with van der Waals surface area (Å²) in [7, 11) is -3.70. The number of nitrogens with zero attached hydrogens (tertiary/aromatic N) is 3. The number of anilines is 2. The second kappa shape index (κ2) is 9.87. The smallest absolute Gasteiger partial charge is 0.259 e. The van der Waals surface area contributed by atoms with E-state index in [1.54, 1.807) is 30.5 Å². The third kappa shape index (κ3) is 4.73. The first kappa shape index (κ1) is 22.5. The van der Waals surface area contributed by atoms with Crippen LogP contribution in [0.5, 0.6) is 5.75 Å². The van der Waals surface area contributed by atoms with Gasteiger partial charge in [-0.25, -0.2) is 13.4 Å². The Morgan fingerprint density at radius 3 is 2.50 bits per heavy atom. The highest BCUT2D eigenvalue weighted by Crippen LogP contribution is 2.32. The first-order valence-electron chi connectivity index (χ1n) is 11.3. The van der Waals surface area contributed by atoms with Crippen LogP contribution in [0.25, 0.3) is 0 Å². The van der Waals surface area contributed by atoms with Crippen molar-refractivity contribution in [3.8, 4) is 5.75 Å². The lowest BCUT2D eigenvalue weighted by Gasteiger charge is -2.29. The Labute approximate surface area is 189 Å². The fourth-order valence-corrected chi connectivity index (χ4v) is 5.93. The zero-order valence-corrected chi connectivity index (χ0v) is 19.2. The van der Waals surface area contributed by atoms with E-state index < -0.39 is 10.0 Å². The zero-order valence-electron chi connectivity index (χ0n) is 18.4. The fraction of sp³-hybridized carbons (Fsp3) is 0.478. The summed E-state index contributed by atoms with van der Waals surface area (Å²) in [5.41, 5.74) is 0.886. The molecule has 2 aliphatic rings. The molecule has 1 aromatic carbocycles.